The zero-order chi connectivity index (χ0) is 30.7. The summed E-state index contributed by atoms with van der Waals surface area (Å²) in [5.74, 6) is -4.01. The van der Waals surface area contributed by atoms with Gasteiger partial charge >= 0.3 is 103 Å². The Kier molecular flexibility index (Phi) is 36.9. The zero-order valence-corrected chi connectivity index (χ0v) is 35.9. The van der Waals surface area contributed by atoms with Gasteiger partial charge in [0, 0.05) is 18.8 Å². The zero-order valence-electron chi connectivity index (χ0n) is 29.6. The Hall–Kier alpha value is 2.13. The van der Waals surface area contributed by atoms with E-state index in [1.807, 2.05) is 0 Å². The second-order valence-electron chi connectivity index (χ2n) is 13.0. The quantitative estimate of drug-likeness (QED) is 0.0829. The van der Waals surface area contributed by atoms with Gasteiger partial charge in [-0.3, -0.25) is 0 Å². The molecule has 248 valence electrons. The van der Waals surface area contributed by atoms with Gasteiger partial charge in [0.25, 0.3) is 0 Å². The molecule has 1 fully saturated rings. The summed E-state index contributed by atoms with van der Waals surface area (Å²) in [6.45, 7) is 4.50. The third kappa shape index (κ3) is 26.1. The molecule has 1 saturated heterocycles. The summed E-state index contributed by atoms with van der Waals surface area (Å²) in [5, 5.41) is 23.4. The Morgan fingerprint density at radius 1 is 0.523 bits per heavy atom. The first-order chi connectivity index (χ1) is 20.4. The van der Waals surface area contributed by atoms with Gasteiger partial charge in [-0.25, -0.2) is 0 Å². The molecule has 0 radical (unpaired) electrons. The standard InChI is InChI=1S/C36H68O6.2K/c1-3-5-7-9-11-13-15-17-19-21-23-25-27-29-32-34(35(39)40)42-36(41-32,31-33(37)38)30-28-26-24-22-20-18-16-14-12-10-8-6-4-2;;/h32,34H,3-31H2,1-2H3,(H,37,38)(H,39,40);;/q;2*+1/p-2/t32-,34+,36+;;/m0../s1. The third-order valence-electron chi connectivity index (χ3n) is 8.94. The predicted molar refractivity (Wildman–Crippen MR) is 168 cm³/mol. The van der Waals surface area contributed by atoms with Crippen LogP contribution in [-0.2, 0) is 19.1 Å². The van der Waals surface area contributed by atoms with Gasteiger partial charge in [0.1, 0.15) is 6.10 Å². The maximum Gasteiger partial charge on any atom is 1.00 e. The molecule has 0 aromatic rings. The fourth-order valence-electron chi connectivity index (χ4n) is 6.37. The molecule has 1 heterocycles. The molecule has 8 heteroatoms. The number of hydrogen-bond donors (Lipinski definition) is 0. The summed E-state index contributed by atoms with van der Waals surface area (Å²) in [5.41, 5.74) is 0. The first-order valence-electron chi connectivity index (χ1n) is 18.2. The van der Waals surface area contributed by atoms with E-state index in [0.717, 1.165) is 38.5 Å². The maximum atomic E-state index is 11.8. The smallest absolute Gasteiger partial charge is 0.550 e. The minimum absolute atomic E-state index is 0. The van der Waals surface area contributed by atoms with Crippen molar-refractivity contribution in [2.75, 3.05) is 0 Å². The van der Waals surface area contributed by atoms with Crippen molar-refractivity contribution in [3.05, 3.63) is 0 Å². The van der Waals surface area contributed by atoms with Crippen LogP contribution < -0.4 is 113 Å². The second kappa shape index (κ2) is 33.6. The van der Waals surface area contributed by atoms with Crippen LogP contribution in [0.4, 0.5) is 0 Å². The molecular formula is C36H66K2O6. The van der Waals surface area contributed by atoms with E-state index < -0.39 is 36.4 Å². The fourth-order valence-corrected chi connectivity index (χ4v) is 6.37. The molecule has 0 bridgehead atoms. The number of unbranched alkanes of at least 4 members (excludes halogenated alkanes) is 24. The van der Waals surface area contributed by atoms with Crippen LogP contribution in [0, 0.1) is 0 Å². The van der Waals surface area contributed by atoms with Gasteiger partial charge in [-0.15, -0.1) is 0 Å². The van der Waals surface area contributed by atoms with Crippen molar-refractivity contribution in [1.29, 1.82) is 0 Å². The van der Waals surface area contributed by atoms with Crippen molar-refractivity contribution in [3.63, 3.8) is 0 Å². The third-order valence-corrected chi connectivity index (χ3v) is 8.94. The minimum atomic E-state index is -1.41. The molecule has 3 atom stereocenters. The van der Waals surface area contributed by atoms with Crippen LogP contribution in [0.15, 0.2) is 0 Å². The van der Waals surface area contributed by atoms with Crippen molar-refractivity contribution in [1.82, 2.24) is 0 Å². The van der Waals surface area contributed by atoms with Crippen LogP contribution in [0.5, 0.6) is 0 Å². The topological polar surface area (TPSA) is 98.7 Å². The van der Waals surface area contributed by atoms with E-state index in [1.165, 1.54) is 128 Å². The van der Waals surface area contributed by atoms with Crippen LogP contribution in [0.25, 0.3) is 0 Å². The largest absolute Gasteiger partial charge is 1.00 e. The van der Waals surface area contributed by atoms with Crippen LogP contribution >= 0.6 is 0 Å². The molecule has 0 N–H and O–H groups in total. The molecule has 0 aliphatic carbocycles. The molecular weight excluding hydrogens is 607 g/mol. The van der Waals surface area contributed by atoms with Crippen LogP contribution in [0.1, 0.15) is 200 Å². The number of carboxylic acids is 2. The van der Waals surface area contributed by atoms with E-state index >= 15 is 0 Å². The van der Waals surface area contributed by atoms with Crippen molar-refractivity contribution in [3.8, 4) is 0 Å². The van der Waals surface area contributed by atoms with E-state index in [0.29, 0.717) is 12.8 Å². The van der Waals surface area contributed by atoms with Crippen LogP contribution in [0.2, 0.25) is 0 Å². The fraction of sp³-hybridized carbons (Fsp3) is 0.944. The van der Waals surface area contributed by atoms with E-state index in [4.69, 9.17) is 9.47 Å². The Morgan fingerprint density at radius 3 is 1.20 bits per heavy atom. The summed E-state index contributed by atoms with van der Waals surface area (Å²) < 4.78 is 11.9. The summed E-state index contributed by atoms with van der Waals surface area (Å²) >= 11 is 0. The summed E-state index contributed by atoms with van der Waals surface area (Å²) in [6, 6.07) is 0. The molecule has 1 aliphatic heterocycles. The van der Waals surface area contributed by atoms with Crippen molar-refractivity contribution >= 4 is 11.9 Å². The van der Waals surface area contributed by atoms with Crippen molar-refractivity contribution in [2.45, 2.75) is 218 Å². The molecule has 6 nitrogen and oxygen atoms in total. The van der Waals surface area contributed by atoms with Gasteiger partial charge in [-0.05, 0) is 12.8 Å². The average molecular weight is 673 g/mol. The van der Waals surface area contributed by atoms with Gasteiger partial charge in [-0.2, -0.15) is 0 Å². The van der Waals surface area contributed by atoms with E-state index in [2.05, 4.69) is 13.8 Å². The summed E-state index contributed by atoms with van der Waals surface area (Å²) in [6.07, 6.45) is 30.7. The van der Waals surface area contributed by atoms with Gasteiger partial charge in [-0.1, -0.05) is 174 Å². The van der Waals surface area contributed by atoms with Gasteiger partial charge in [0.2, 0.25) is 0 Å². The van der Waals surface area contributed by atoms with Crippen molar-refractivity contribution < 1.29 is 132 Å². The number of aliphatic carboxylic acids is 2. The molecule has 0 saturated carbocycles. The molecule has 0 spiro atoms. The Balaban J connectivity index is 0. The predicted octanol–water partition coefficient (Wildman–Crippen LogP) is 2.33. The second-order valence-corrected chi connectivity index (χ2v) is 13.0. The van der Waals surface area contributed by atoms with Gasteiger partial charge in [0.05, 0.1) is 12.1 Å². The van der Waals surface area contributed by atoms with Crippen LogP contribution in [0.3, 0.4) is 0 Å². The number of ether oxygens (including phenoxy) is 2. The summed E-state index contributed by atoms with van der Waals surface area (Å²) in [4.78, 5) is 23.4. The summed E-state index contributed by atoms with van der Waals surface area (Å²) in [7, 11) is 0. The molecule has 1 aliphatic rings. The number of hydrogen-bond acceptors (Lipinski definition) is 6. The van der Waals surface area contributed by atoms with E-state index in [-0.39, 0.29) is 103 Å². The number of rotatable bonds is 31. The maximum absolute atomic E-state index is 11.8. The normalized spacial score (nSPS) is 19.4. The Bertz CT molecular complexity index is 665. The minimum Gasteiger partial charge on any atom is -0.550 e. The first kappa shape index (κ1) is 48.2. The average Bonchev–Trinajstić information content (AvgIpc) is 3.31. The molecule has 44 heavy (non-hydrogen) atoms. The Labute approximate surface area is 356 Å². The van der Waals surface area contributed by atoms with E-state index in [1.54, 1.807) is 0 Å². The monoisotopic (exact) mass is 672 g/mol. The van der Waals surface area contributed by atoms with E-state index in [9.17, 15) is 19.8 Å². The van der Waals surface area contributed by atoms with Crippen LogP contribution in [-0.4, -0.2) is 29.9 Å². The number of carbonyl (C=O) groups excluding carboxylic acids is 2. The number of carboxylic acid groups (broad SMARTS) is 2. The van der Waals surface area contributed by atoms with Crippen molar-refractivity contribution in [2.24, 2.45) is 0 Å². The molecule has 0 aromatic carbocycles. The van der Waals surface area contributed by atoms with Gasteiger partial charge in [0.15, 0.2) is 5.79 Å². The number of carbonyl (C=O) groups is 2. The molecule has 0 amide bonds. The molecule has 0 aromatic heterocycles. The SMILES string of the molecule is CCCCCCCCCCCCCCC[C@@H]1O[C@@](CCCCCCCCCCCCCCC)(CC(=O)[O-])O[C@H]1C(=O)[O-].[K+].[K+]. The Morgan fingerprint density at radius 2 is 0.864 bits per heavy atom. The molecule has 0 unspecified atom stereocenters. The first-order valence-corrected chi connectivity index (χ1v) is 18.2. The molecule has 1 rings (SSSR count). The van der Waals surface area contributed by atoms with Gasteiger partial charge < -0.3 is 29.3 Å².